The molecular formula is C14H24N2O. The zero-order valence-electron chi connectivity index (χ0n) is 11.3. The third-order valence-electron chi connectivity index (χ3n) is 3.04. The van der Waals surface area contributed by atoms with E-state index in [1.54, 1.807) is 7.11 Å². The van der Waals surface area contributed by atoms with Gasteiger partial charge >= 0.3 is 0 Å². The van der Waals surface area contributed by atoms with Gasteiger partial charge in [-0.1, -0.05) is 18.2 Å². The van der Waals surface area contributed by atoms with Crippen molar-refractivity contribution in [3.63, 3.8) is 0 Å². The molecule has 96 valence electrons. The summed E-state index contributed by atoms with van der Waals surface area (Å²) in [5, 5.41) is 0. The highest BCUT2D eigenvalue weighted by atomic mass is 16.5. The van der Waals surface area contributed by atoms with Gasteiger partial charge in [-0.2, -0.15) is 0 Å². The van der Waals surface area contributed by atoms with Crippen molar-refractivity contribution < 1.29 is 4.74 Å². The first-order chi connectivity index (χ1) is 8.04. The molecule has 0 aromatic heterocycles. The Balaban J connectivity index is 2.63. The predicted molar refractivity (Wildman–Crippen MR) is 72.4 cm³/mol. The number of nitrogens with two attached hydrogens (primary N) is 1. The molecule has 1 aromatic carbocycles. The zero-order chi connectivity index (χ0) is 12.8. The van der Waals surface area contributed by atoms with Crippen molar-refractivity contribution >= 4 is 0 Å². The molecule has 1 rings (SSSR count). The van der Waals surface area contributed by atoms with E-state index in [4.69, 9.17) is 10.5 Å². The normalized spacial score (nSPS) is 14.7. The molecule has 17 heavy (non-hydrogen) atoms. The topological polar surface area (TPSA) is 38.5 Å². The Morgan fingerprint density at radius 2 is 1.94 bits per heavy atom. The number of benzene rings is 1. The van der Waals surface area contributed by atoms with E-state index in [1.807, 2.05) is 19.1 Å². The number of rotatable bonds is 6. The van der Waals surface area contributed by atoms with E-state index >= 15 is 0 Å². The molecule has 2 atom stereocenters. The van der Waals surface area contributed by atoms with Crippen LogP contribution in [0.25, 0.3) is 0 Å². The Hall–Kier alpha value is -1.06. The van der Waals surface area contributed by atoms with Gasteiger partial charge in [0.2, 0.25) is 0 Å². The van der Waals surface area contributed by atoms with Gasteiger partial charge in [-0.3, -0.25) is 0 Å². The van der Waals surface area contributed by atoms with Crippen LogP contribution in [0.2, 0.25) is 0 Å². The van der Waals surface area contributed by atoms with Gasteiger partial charge in [-0.25, -0.2) is 0 Å². The number of ether oxygens (including phenoxy) is 1. The number of hydrogen-bond donors (Lipinski definition) is 1. The van der Waals surface area contributed by atoms with Gasteiger partial charge in [0.25, 0.3) is 0 Å². The second-order valence-corrected chi connectivity index (χ2v) is 4.78. The van der Waals surface area contributed by atoms with Crippen LogP contribution < -0.4 is 10.5 Å². The third kappa shape index (κ3) is 4.36. The minimum absolute atomic E-state index is 0.208. The SMILES string of the molecule is COc1ccccc1CC(C)N(C)C[C@H](C)N. The molecule has 0 bridgehead atoms. The van der Waals surface area contributed by atoms with Crippen molar-refractivity contribution in [3.05, 3.63) is 29.8 Å². The molecule has 0 aliphatic heterocycles. The lowest BCUT2D eigenvalue weighted by molar-refractivity contribution is 0.243. The maximum atomic E-state index is 5.81. The van der Waals surface area contributed by atoms with Crippen molar-refractivity contribution in [1.82, 2.24) is 4.90 Å². The molecule has 0 heterocycles. The largest absolute Gasteiger partial charge is 0.496 e. The number of nitrogens with zero attached hydrogens (tertiary/aromatic N) is 1. The highest BCUT2D eigenvalue weighted by Crippen LogP contribution is 2.20. The van der Waals surface area contributed by atoms with E-state index in [9.17, 15) is 0 Å². The van der Waals surface area contributed by atoms with Crippen molar-refractivity contribution in [3.8, 4) is 5.75 Å². The summed E-state index contributed by atoms with van der Waals surface area (Å²) >= 11 is 0. The minimum Gasteiger partial charge on any atom is -0.496 e. The maximum Gasteiger partial charge on any atom is 0.122 e. The summed E-state index contributed by atoms with van der Waals surface area (Å²) < 4.78 is 5.36. The molecule has 3 heteroatoms. The zero-order valence-corrected chi connectivity index (χ0v) is 11.3. The van der Waals surface area contributed by atoms with Gasteiger partial charge in [-0.15, -0.1) is 0 Å². The van der Waals surface area contributed by atoms with Crippen molar-refractivity contribution in [2.24, 2.45) is 5.73 Å². The number of methoxy groups -OCH3 is 1. The Labute approximate surface area is 105 Å². The van der Waals surface area contributed by atoms with Gasteiger partial charge in [-0.05, 0) is 38.9 Å². The van der Waals surface area contributed by atoms with Crippen LogP contribution in [0, 0.1) is 0 Å². The molecule has 0 spiro atoms. The lowest BCUT2D eigenvalue weighted by Crippen LogP contribution is -2.39. The molecule has 3 nitrogen and oxygen atoms in total. The van der Waals surface area contributed by atoms with Crippen LogP contribution >= 0.6 is 0 Å². The maximum absolute atomic E-state index is 5.81. The first kappa shape index (κ1) is 14.0. The monoisotopic (exact) mass is 236 g/mol. The summed E-state index contributed by atoms with van der Waals surface area (Å²) in [4.78, 5) is 2.29. The molecule has 0 aliphatic carbocycles. The van der Waals surface area contributed by atoms with Crippen LogP contribution in [-0.4, -0.2) is 37.7 Å². The van der Waals surface area contributed by atoms with Gasteiger partial charge in [0.15, 0.2) is 0 Å². The minimum atomic E-state index is 0.208. The van der Waals surface area contributed by atoms with Crippen LogP contribution in [0.3, 0.4) is 0 Å². The van der Waals surface area contributed by atoms with E-state index in [-0.39, 0.29) is 6.04 Å². The average molecular weight is 236 g/mol. The average Bonchev–Trinajstić information content (AvgIpc) is 2.28. The van der Waals surface area contributed by atoms with E-state index in [0.717, 1.165) is 18.7 Å². The number of hydrogen-bond acceptors (Lipinski definition) is 3. The highest BCUT2D eigenvalue weighted by Gasteiger charge is 2.13. The van der Waals surface area contributed by atoms with Crippen LogP contribution in [0.15, 0.2) is 24.3 Å². The predicted octanol–water partition coefficient (Wildman–Crippen LogP) is 1.91. The van der Waals surface area contributed by atoms with E-state index in [0.29, 0.717) is 6.04 Å². The summed E-state index contributed by atoms with van der Waals surface area (Å²) in [7, 11) is 3.83. The van der Waals surface area contributed by atoms with Crippen LogP contribution in [0.5, 0.6) is 5.75 Å². The van der Waals surface area contributed by atoms with Gasteiger partial charge in [0, 0.05) is 18.6 Å². The summed E-state index contributed by atoms with van der Waals surface area (Å²) in [5.41, 5.74) is 7.06. The highest BCUT2D eigenvalue weighted by molar-refractivity contribution is 5.33. The van der Waals surface area contributed by atoms with Crippen molar-refractivity contribution in [2.75, 3.05) is 20.7 Å². The molecular weight excluding hydrogens is 212 g/mol. The van der Waals surface area contributed by atoms with E-state index in [1.165, 1.54) is 5.56 Å². The Kier molecular flexibility index (Phi) is 5.45. The molecule has 1 unspecified atom stereocenters. The molecule has 0 aliphatic rings. The Morgan fingerprint density at radius 1 is 1.29 bits per heavy atom. The summed E-state index contributed by atoms with van der Waals surface area (Å²) in [6.45, 7) is 5.16. The Morgan fingerprint density at radius 3 is 2.53 bits per heavy atom. The van der Waals surface area contributed by atoms with Gasteiger partial charge < -0.3 is 15.4 Å². The summed E-state index contributed by atoms with van der Waals surface area (Å²) in [6, 6.07) is 8.84. The van der Waals surface area contributed by atoms with E-state index in [2.05, 4.69) is 31.0 Å². The fourth-order valence-electron chi connectivity index (χ4n) is 1.98. The van der Waals surface area contributed by atoms with Crippen LogP contribution in [-0.2, 0) is 6.42 Å². The molecule has 0 saturated heterocycles. The second-order valence-electron chi connectivity index (χ2n) is 4.78. The quantitative estimate of drug-likeness (QED) is 0.820. The second kappa shape index (κ2) is 6.62. The standard InChI is InChI=1S/C14H24N2O/c1-11(15)10-16(3)12(2)9-13-7-5-6-8-14(13)17-4/h5-8,11-12H,9-10,15H2,1-4H3/t11-,12?/m0/s1. The summed E-state index contributed by atoms with van der Waals surface area (Å²) in [6.07, 6.45) is 0.979. The molecule has 0 fully saturated rings. The summed E-state index contributed by atoms with van der Waals surface area (Å²) in [5.74, 6) is 0.966. The molecule has 0 amide bonds. The van der Waals surface area contributed by atoms with Gasteiger partial charge in [0.05, 0.1) is 7.11 Å². The number of likely N-dealkylation sites (N-methyl/N-ethyl adjacent to an activating group) is 1. The van der Waals surface area contributed by atoms with Crippen molar-refractivity contribution in [2.45, 2.75) is 32.4 Å². The fraction of sp³-hybridized carbons (Fsp3) is 0.571. The third-order valence-corrected chi connectivity index (χ3v) is 3.04. The first-order valence-corrected chi connectivity index (χ1v) is 6.12. The lowest BCUT2D eigenvalue weighted by Gasteiger charge is -2.26. The molecule has 1 aromatic rings. The molecule has 2 N–H and O–H groups in total. The van der Waals surface area contributed by atoms with Gasteiger partial charge in [0.1, 0.15) is 5.75 Å². The van der Waals surface area contributed by atoms with Crippen LogP contribution in [0.4, 0.5) is 0 Å². The Bertz CT molecular complexity index is 339. The fourth-order valence-corrected chi connectivity index (χ4v) is 1.98. The molecule has 0 radical (unpaired) electrons. The smallest absolute Gasteiger partial charge is 0.122 e. The first-order valence-electron chi connectivity index (χ1n) is 6.12. The molecule has 0 saturated carbocycles. The van der Waals surface area contributed by atoms with Crippen molar-refractivity contribution in [1.29, 1.82) is 0 Å². The lowest BCUT2D eigenvalue weighted by atomic mass is 10.0. The number of para-hydroxylation sites is 1. The van der Waals surface area contributed by atoms with Crippen LogP contribution in [0.1, 0.15) is 19.4 Å². The van der Waals surface area contributed by atoms with E-state index < -0.39 is 0 Å².